The molecule has 0 saturated carbocycles. The molecular formula is C13H17N5. The summed E-state index contributed by atoms with van der Waals surface area (Å²) in [7, 11) is 0. The first-order chi connectivity index (χ1) is 8.58. The molecule has 5 heteroatoms. The van der Waals surface area contributed by atoms with Crippen LogP contribution in [-0.4, -0.2) is 17.5 Å². The van der Waals surface area contributed by atoms with Crippen LogP contribution in [0, 0.1) is 6.92 Å². The molecule has 1 heterocycles. The highest BCUT2D eigenvalue weighted by atomic mass is 15.0. The van der Waals surface area contributed by atoms with Gasteiger partial charge in [-0.25, -0.2) is 4.98 Å². The number of aliphatic imine (C=N–C) groups is 1. The van der Waals surface area contributed by atoms with Crippen LogP contribution in [0.25, 0.3) is 10.9 Å². The van der Waals surface area contributed by atoms with Crippen molar-refractivity contribution in [3.8, 4) is 0 Å². The third-order valence-electron chi connectivity index (χ3n) is 2.85. The van der Waals surface area contributed by atoms with Crippen molar-refractivity contribution < 1.29 is 0 Å². The molecule has 0 bridgehead atoms. The monoisotopic (exact) mass is 243 g/mol. The van der Waals surface area contributed by atoms with Crippen LogP contribution in [0.2, 0.25) is 0 Å². The van der Waals surface area contributed by atoms with E-state index in [0.717, 1.165) is 22.9 Å². The van der Waals surface area contributed by atoms with Gasteiger partial charge in [0, 0.05) is 11.9 Å². The van der Waals surface area contributed by atoms with Crippen molar-refractivity contribution in [1.82, 2.24) is 4.98 Å². The molecule has 6 N–H and O–H groups in total. The zero-order valence-electron chi connectivity index (χ0n) is 10.4. The average molecular weight is 243 g/mol. The Labute approximate surface area is 106 Å². The first-order valence-electron chi connectivity index (χ1n) is 5.78. The second kappa shape index (κ2) is 4.91. The van der Waals surface area contributed by atoms with Crippen LogP contribution in [0.4, 0.5) is 5.82 Å². The fraction of sp³-hybridized carbons (Fsp3) is 0.231. The van der Waals surface area contributed by atoms with Gasteiger partial charge in [-0.1, -0.05) is 12.1 Å². The third kappa shape index (κ3) is 2.51. The minimum absolute atomic E-state index is 0.119. The van der Waals surface area contributed by atoms with Crippen LogP contribution in [0.5, 0.6) is 0 Å². The lowest BCUT2D eigenvalue weighted by molar-refractivity contribution is 0.969. The minimum atomic E-state index is 0.119. The molecule has 0 aliphatic heterocycles. The van der Waals surface area contributed by atoms with Gasteiger partial charge in [0.05, 0.1) is 5.52 Å². The summed E-state index contributed by atoms with van der Waals surface area (Å²) in [5, 5.41) is 1.11. The molecular weight excluding hydrogens is 226 g/mol. The lowest BCUT2D eigenvalue weighted by Gasteiger charge is -2.07. The summed E-state index contributed by atoms with van der Waals surface area (Å²) in [5.41, 5.74) is 19.5. The van der Waals surface area contributed by atoms with Gasteiger partial charge < -0.3 is 17.2 Å². The molecule has 0 spiro atoms. The van der Waals surface area contributed by atoms with Gasteiger partial charge in [-0.2, -0.15) is 0 Å². The summed E-state index contributed by atoms with van der Waals surface area (Å²) in [6, 6.07) is 8.04. The summed E-state index contributed by atoms with van der Waals surface area (Å²) in [5.74, 6) is 0.692. The van der Waals surface area contributed by atoms with Gasteiger partial charge in [0.15, 0.2) is 5.96 Å². The number of aryl methyl sites for hydroxylation is 1. The highest BCUT2D eigenvalue weighted by molar-refractivity contribution is 5.84. The maximum Gasteiger partial charge on any atom is 0.185 e. The Morgan fingerprint density at radius 2 is 2.11 bits per heavy atom. The van der Waals surface area contributed by atoms with Gasteiger partial charge in [-0.3, -0.25) is 4.99 Å². The fourth-order valence-electron chi connectivity index (χ4n) is 1.90. The van der Waals surface area contributed by atoms with E-state index in [9.17, 15) is 0 Å². The number of pyridine rings is 1. The number of nitrogens with zero attached hydrogens (tertiary/aromatic N) is 2. The number of hydrogen-bond donors (Lipinski definition) is 3. The Morgan fingerprint density at radius 3 is 2.83 bits per heavy atom. The number of aromatic nitrogens is 1. The second-order valence-corrected chi connectivity index (χ2v) is 4.23. The minimum Gasteiger partial charge on any atom is -0.383 e. The zero-order chi connectivity index (χ0) is 13.1. The summed E-state index contributed by atoms with van der Waals surface area (Å²) < 4.78 is 0. The second-order valence-electron chi connectivity index (χ2n) is 4.23. The lowest BCUT2D eigenvalue weighted by Crippen LogP contribution is -2.23. The first-order valence-corrected chi connectivity index (χ1v) is 5.78. The molecule has 2 aromatic rings. The van der Waals surface area contributed by atoms with Gasteiger partial charge in [0.2, 0.25) is 0 Å². The Balaban J connectivity index is 2.39. The summed E-state index contributed by atoms with van der Waals surface area (Å²) >= 11 is 0. The van der Waals surface area contributed by atoms with Crippen molar-refractivity contribution in [3.63, 3.8) is 0 Å². The number of hydrogen-bond acceptors (Lipinski definition) is 3. The van der Waals surface area contributed by atoms with Gasteiger partial charge >= 0.3 is 0 Å². The van der Waals surface area contributed by atoms with Crippen molar-refractivity contribution in [1.29, 1.82) is 0 Å². The van der Waals surface area contributed by atoms with E-state index in [-0.39, 0.29) is 5.96 Å². The Bertz CT molecular complexity index is 600. The van der Waals surface area contributed by atoms with Crippen molar-refractivity contribution in [3.05, 3.63) is 35.4 Å². The van der Waals surface area contributed by atoms with E-state index in [1.807, 2.05) is 19.1 Å². The average Bonchev–Trinajstić information content (AvgIpc) is 2.31. The molecule has 0 atom stereocenters. The van der Waals surface area contributed by atoms with Crippen molar-refractivity contribution in [2.24, 2.45) is 16.5 Å². The quantitative estimate of drug-likeness (QED) is 0.551. The molecule has 2 rings (SSSR count). The molecule has 0 unspecified atom stereocenters. The summed E-state index contributed by atoms with van der Waals surface area (Å²) in [6.45, 7) is 2.53. The number of nitrogens with two attached hydrogens (primary N) is 3. The van der Waals surface area contributed by atoms with Crippen molar-refractivity contribution in [2.45, 2.75) is 13.3 Å². The molecule has 0 saturated heterocycles. The van der Waals surface area contributed by atoms with E-state index < -0.39 is 0 Å². The Morgan fingerprint density at radius 1 is 1.33 bits per heavy atom. The number of nitrogen functional groups attached to an aromatic ring is 1. The van der Waals surface area contributed by atoms with Crippen molar-refractivity contribution >= 4 is 22.7 Å². The van der Waals surface area contributed by atoms with Gasteiger partial charge in [0.25, 0.3) is 0 Å². The number of rotatable bonds is 3. The number of anilines is 1. The van der Waals surface area contributed by atoms with Crippen LogP contribution in [0.15, 0.2) is 29.3 Å². The number of fused-ring (bicyclic) bond motifs is 1. The van der Waals surface area contributed by atoms with Crippen LogP contribution in [0.1, 0.15) is 11.1 Å². The van der Waals surface area contributed by atoms with E-state index in [0.29, 0.717) is 12.4 Å². The number of benzene rings is 1. The van der Waals surface area contributed by atoms with Crippen LogP contribution in [0.3, 0.4) is 0 Å². The van der Waals surface area contributed by atoms with Gasteiger partial charge in [0.1, 0.15) is 5.82 Å². The zero-order valence-corrected chi connectivity index (χ0v) is 10.4. The topological polar surface area (TPSA) is 103 Å². The lowest BCUT2D eigenvalue weighted by atomic mass is 10.0. The molecule has 18 heavy (non-hydrogen) atoms. The number of guanidine groups is 1. The predicted octanol–water partition coefficient (Wildman–Crippen LogP) is 0.941. The normalized spacial score (nSPS) is 10.5. The molecule has 0 aliphatic carbocycles. The van der Waals surface area contributed by atoms with E-state index in [4.69, 9.17) is 17.2 Å². The smallest absolute Gasteiger partial charge is 0.185 e. The summed E-state index contributed by atoms with van der Waals surface area (Å²) in [4.78, 5) is 8.37. The van der Waals surface area contributed by atoms with Gasteiger partial charge in [-0.15, -0.1) is 0 Å². The highest BCUT2D eigenvalue weighted by Gasteiger charge is 2.04. The third-order valence-corrected chi connectivity index (χ3v) is 2.85. The van der Waals surface area contributed by atoms with Crippen LogP contribution < -0.4 is 17.2 Å². The van der Waals surface area contributed by atoms with E-state index in [1.54, 1.807) is 0 Å². The largest absolute Gasteiger partial charge is 0.383 e. The molecule has 0 radical (unpaired) electrons. The molecule has 0 amide bonds. The predicted molar refractivity (Wildman–Crippen MR) is 75.3 cm³/mol. The van der Waals surface area contributed by atoms with Crippen LogP contribution >= 0.6 is 0 Å². The van der Waals surface area contributed by atoms with Crippen LogP contribution in [-0.2, 0) is 6.42 Å². The molecule has 94 valence electrons. The maximum atomic E-state index is 5.81. The van der Waals surface area contributed by atoms with E-state index >= 15 is 0 Å². The highest BCUT2D eigenvalue weighted by Crippen LogP contribution is 2.21. The molecule has 0 aliphatic rings. The van der Waals surface area contributed by atoms with E-state index in [2.05, 4.69) is 22.1 Å². The molecule has 0 fully saturated rings. The summed E-state index contributed by atoms with van der Waals surface area (Å²) in [6.07, 6.45) is 0.778. The Hall–Kier alpha value is -2.30. The fourth-order valence-corrected chi connectivity index (χ4v) is 1.90. The van der Waals surface area contributed by atoms with Crippen molar-refractivity contribution in [2.75, 3.05) is 12.3 Å². The molecule has 1 aromatic carbocycles. The first kappa shape index (κ1) is 12.2. The Kier molecular flexibility index (Phi) is 3.32. The molecule has 5 nitrogen and oxygen atoms in total. The van der Waals surface area contributed by atoms with Gasteiger partial charge in [-0.05, 0) is 36.6 Å². The van der Waals surface area contributed by atoms with E-state index in [1.165, 1.54) is 5.56 Å². The SMILES string of the molecule is Cc1cc2c(CCN=C(N)N)cccc2nc1N. The maximum absolute atomic E-state index is 5.81. The standard InChI is InChI=1S/C13H17N5/c1-8-7-10-9(5-6-17-13(15)16)3-2-4-11(10)18-12(8)14/h2-4,7H,5-6H2,1H3,(H2,14,18)(H4,15,16,17). The molecule has 1 aromatic heterocycles.